The van der Waals surface area contributed by atoms with Crippen LogP contribution in [0.25, 0.3) is 0 Å². The first kappa shape index (κ1) is 24.3. The van der Waals surface area contributed by atoms with E-state index in [4.69, 9.17) is 4.74 Å². The average molecular weight is 443 g/mol. The van der Waals surface area contributed by atoms with Gasteiger partial charge >= 0.3 is 5.97 Å². The fourth-order valence-electron chi connectivity index (χ4n) is 9.16. The van der Waals surface area contributed by atoms with Crippen molar-refractivity contribution in [3.8, 4) is 0 Å². The Kier molecular flexibility index (Phi) is 7.19. The summed E-state index contributed by atoms with van der Waals surface area (Å²) in [6.07, 6.45) is 18.7. The number of unbranched alkanes of at least 4 members (excludes halogenated alkanes) is 1. The zero-order valence-corrected chi connectivity index (χ0v) is 21.9. The third-order valence-corrected chi connectivity index (χ3v) is 10.8. The topological polar surface area (TPSA) is 26.3 Å². The van der Waals surface area contributed by atoms with E-state index in [1.807, 2.05) is 0 Å². The minimum Gasteiger partial charge on any atom is -0.462 e. The quantitative estimate of drug-likeness (QED) is 0.225. The number of allylic oxidation sites excluding steroid dienone is 1. The van der Waals surface area contributed by atoms with E-state index in [9.17, 15) is 4.79 Å². The second-order valence-electron chi connectivity index (χ2n) is 13.1. The van der Waals surface area contributed by atoms with E-state index < -0.39 is 0 Å². The number of carbonyl (C=O) groups excluding carboxylic acids is 1. The first-order valence-electron chi connectivity index (χ1n) is 14.0. The lowest BCUT2D eigenvalue weighted by molar-refractivity contribution is -0.148. The van der Waals surface area contributed by atoms with E-state index in [0.717, 1.165) is 48.3 Å². The molecule has 0 aliphatic heterocycles. The maximum Gasteiger partial charge on any atom is 0.302 e. The van der Waals surface area contributed by atoms with E-state index in [0.29, 0.717) is 10.8 Å². The molecule has 4 aliphatic carbocycles. The third-order valence-electron chi connectivity index (χ3n) is 10.8. The molecule has 0 amide bonds. The van der Waals surface area contributed by atoms with E-state index in [2.05, 4.69) is 40.7 Å². The van der Waals surface area contributed by atoms with Crippen LogP contribution in [0.4, 0.5) is 0 Å². The summed E-state index contributed by atoms with van der Waals surface area (Å²) < 4.78 is 5.62. The number of ether oxygens (including phenoxy) is 1. The summed E-state index contributed by atoms with van der Waals surface area (Å²) in [6, 6.07) is 0. The normalized spacial score (nSPS) is 42.0. The third kappa shape index (κ3) is 4.46. The highest BCUT2D eigenvalue weighted by Gasteiger charge is 2.59. The first-order chi connectivity index (χ1) is 15.1. The lowest BCUT2D eigenvalue weighted by atomic mass is 9.47. The summed E-state index contributed by atoms with van der Waals surface area (Å²) in [4.78, 5) is 11.5. The van der Waals surface area contributed by atoms with Gasteiger partial charge < -0.3 is 4.74 Å². The fourth-order valence-corrected chi connectivity index (χ4v) is 9.16. The Labute approximate surface area is 198 Å². The highest BCUT2D eigenvalue weighted by atomic mass is 16.5. The standard InChI is InChI=1S/C30H50O2/c1-20(2)9-7-8-10-21(3)26-13-14-27-25-12-11-23-19-24(32-22(4)31)15-17-29(23,5)28(25)16-18-30(26,27)6/h11,20-21,24-28H,7-10,12-19H2,1-6H3/t21-,24+,25+,26-,27+,28+,29+,30-/m1/s1. The zero-order valence-electron chi connectivity index (χ0n) is 21.9. The van der Waals surface area contributed by atoms with E-state index in [-0.39, 0.29) is 12.1 Å². The molecule has 2 nitrogen and oxygen atoms in total. The van der Waals surface area contributed by atoms with Gasteiger partial charge in [-0.05, 0) is 91.3 Å². The van der Waals surface area contributed by atoms with E-state index in [1.165, 1.54) is 64.2 Å². The van der Waals surface area contributed by atoms with Crippen molar-refractivity contribution in [1.29, 1.82) is 0 Å². The van der Waals surface area contributed by atoms with Crippen LogP contribution in [0.15, 0.2) is 11.6 Å². The molecular formula is C30H50O2. The molecule has 0 saturated heterocycles. The van der Waals surface area contributed by atoms with Gasteiger partial charge in [-0.25, -0.2) is 0 Å². The molecule has 4 rings (SSSR count). The molecule has 0 unspecified atom stereocenters. The van der Waals surface area contributed by atoms with Crippen molar-refractivity contribution in [2.24, 2.45) is 46.3 Å². The molecule has 0 N–H and O–H groups in total. The summed E-state index contributed by atoms with van der Waals surface area (Å²) in [7, 11) is 0. The van der Waals surface area contributed by atoms with Crippen LogP contribution in [0.1, 0.15) is 119 Å². The predicted molar refractivity (Wildman–Crippen MR) is 133 cm³/mol. The van der Waals surface area contributed by atoms with Gasteiger partial charge in [-0.15, -0.1) is 0 Å². The zero-order chi connectivity index (χ0) is 23.1. The molecule has 3 saturated carbocycles. The molecule has 8 atom stereocenters. The van der Waals surface area contributed by atoms with Crippen LogP contribution in [0.3, 0.4) is 0 Å². The lowest BCUT2D eigenvalue weighted by Gasteiger charge is -2.58. The van der Waals surface area contributed by atoms with Crippen molar-refractivity contribution >= 4 is 5.97 Å². The maximum atomic E-state index is 11.5. The molecule has 0 radical (unpaired) electrons. The van der Waals surface area contributed by atoms with Crippen molar-refractivity contribution in [3.05, 3.63) is 11.6 Å². The van der Waals surface area contributed by atoms with Crippen LogP contribution in [0.5, 0.6) is 0 Å². The first-order valence-corrected chi connectivity index (χ1v) is 14.0. The molecular weight excluding hydrogens is 392 g/mol. The Bertz CT molecular complexity index is 708. The van der Waals surface area contributed by atoms with Crippen molar-refractivity contribution < 1.29 is 9.53 Å². The van der Waals surface area contributed by atoms with Gasteiger partial charge in [-0.1, -0.05) is 72.0 Å². The molecule has 32 heavy (non-hydrogen) atoms. The Balaban J connectivity index is 1.43. The van der Waals surface area contributed by atoms with Crippen LogP contribution < -0.4 is 0 Å². The lowest BCUT2D eigenvalue weighted by Crippen LogP contribution is -2.51. The minimum atomic E-state index is -0.114. The minimum absolute atomic E-state index is 0.114. The number of hydrogen-bond acceptors (Lipinski definition) is 2. The molecule has 3 fully saturated rings. The molecule has 4 aliphatic rings. The van der Waals surface area contributed by atoms with Crippen LogP contribution in [0.2, 0.25) is 0 Å². The van der Waals surface area contributed by atoms with Crippen molar-refractivity contribution in [2.45, 2.75) is 125 Å². The van der Waals surface area contributed by atoms with Crippen molar-refractivity contribution in [2.75, 3.05) is 0 Å². The molecule has 0 bridgehead atoms. The van der Waals surface area contributed by atoms with E-state index >= 15 is 0 Å². The molecule has 0 aromatic rings. The van der Waals surface area contributed by atoms with Gasteiger partial charge in [-0.2, -0.15) is 0 Å². The van der Waals surface area contributed by atoms with Gasteiger partial charge in [0.25, 0.3) is 0 Å². The fraction of sp³-hybridized carbons (Fsp3) is 0.900. The number of rotatable bonds is 7. The Morgan fingerprint density at radius 1 is 1.03 bits per heavy atom. The smallest absolute Gasteiger partial charge is 0.302 e. The average Bonchev–Trinajstić information content (AvgIpc) is 3.08. The summed E-state index contributed by atoms with van der Waals surface area (Å²) in [6.45, 7) is 14.1. The van der Waals surface area contributed by atoms with Crippen LogP contribution in [0, 0.1) is 46.3 Å². The van der Waals surface area contributed by atoms with Crippen LogP contribution in [-0.4, -0.2) is 12.1 Å². The Hall–Kier alpha value is -0.790. The molecule has 182 valence electrons. The van der Waals surface area contributed by atoms with Gasteiger partial charge in [-0.3, -0.25) is 4.79 Å². The number of fused-ring (bicyclic) bond motifs is 5. The maximum absolute atomic E-state index is 11.5. The van der Waals surface area contributed by atoms with Gasteiger partial charge in [0, 0.05) is 13.3 Å². The summed E-state index contributed by atoms with van der Waals surface area (Å²) in [5, 5.41) is 0. The van der Waals surface area contributed by atoms with Crippen LogP contribution in [-0.2, 0) is 9.53 Å². The van der Waals surface area contributed by atoms with Gasteiger partial charge in [0.2, 0.25) is 0 Å². The van der Waals surface area contributed by atoms with Gasteiger partial charge in [0.1, 0.15) is 6.10 Å². The van der Waals surface area contributed by atoms with E-state index in [1.54, 1.807) is 12.5 Å². The molecule has 0 heterocycles. The number of hydrogen-bond donors (Lipinski definition) is 0. The Morgan fingerprint density at radius 2 is 1.78 bits per heavy atom. The van der Waals surface area contributed by atoms with Crippen molar-refractivity contribution in [1.82, 2.24) is 0 Å². The van der Waals surface area contributed by atoms with Gasteiger partial charge in [0.15, 0.2) is 0 Å². The highest BCUT2D eigenvalue weighted by Crippen LogP contribution is 2.67. The molecule has 0 spiro atoms. The second-order valence-corrected chi connectivity index (χ2v) is 13.1. The molecule has 2 heteroatoms. The summed E-state index contributed by atoms with van der Waals surface area (Å²) >= 11 is 0. The summed E-state index contributed by atoms with van der Waals surface area (Å²) in [5.41, 5.74) is 2.53. The largest absolute Gasteiger partial charge is 0.462 e. The molecule has 0 aromatic heterocycles. The molecule has 0 aromatic carbocycles. The Morgan fingerprint density at radius 3 is 2.50 bits per heavy atom. The monoisotopic (exact) mass is 442 g/mol. The number of carbonyl (C=O) groups is 1. The van der Waals surface area contributed by atoms with Gasteiger partial charge in [0.05, 0.1) is 0 Å². The highest BCUT2D eigenvalue weighted by molar-refractivity contribution is 5.66. The van der Waals surface area contributed by atoms with Crippen LogP contribution >= 0.6 is 0 Å². The second kappa shape index (κ2) is 9.46. The number of esters is 1. The van der Waals surface area contributed by atoms with Crippen molar-refractivity contribution in [3.63, 3.8) is 0 Å². The summed E-state index contributed by atoms with van der Waals surface area (Å²) in [5.74, 6) is 5.21. The SMILES string of the molecule is CC(=O)O[C@H]1CC[C@@]2(C)C(=CC[C@H]3[C@@H]4CC[C@H]([C@H](C)CCCCC(C)C)[C@@]4(C)CC[C@@H]32)C1. The predicted octanol–water partition coefficient (Wildman–Crippen LogP) is 8.35.